The third-order valence-corrected chi connectivity index (χ3v) is 5.26. The van der Waals surface area contributed by atoms with Gasteiger partial charge in [-0.05, 0) is 38.0 Å². The van der Waals surface area contributed by atoms with Crippen LogP contribution in [0.1, 0.15) is 59.4 Å². The quantitative estimate of drug-likeness (QED) is 0.600. The van der Waals surface area contributed by atoms with E-state index in [9.17, 15) is 0 Å². The summed E-state index contributed by atoms with van der Waals surface area (Å²) in [6.45, 7) is 11.4. The summed E-state index contributed by atoms with van der Waals surface area (Å²) in [5.74, 6) is 2.16. The van der Waals surface area contributed by atoms with Crippen LogP contribution in [-0.4, -0.2) is 17.9 Å². The molecule has 27 heavy (non-hydrogen) atoms. The zero-order valence-electron chi connectivity index (χ0n) is 17.7. The number of benzene rings is 2. The highest BCUT2D eigenvalue weighted by Crippen LogP contribution is 2.31. The average Bonchev–Trinajstić information content (AvgIpc) is 2.91. The Morgan fingerprint density at radius 2 is 1.70 bits per heavy atom. The molecule has 2 nitrogen and oxygen atoms in total. The molecule has 1 unspecified atom stereocenters. The predicted octanol–water partition coefficient (Wildman–Crippen LogP) is 6.94. The van der Waals surface area contributed by atoms with Gasteiger partial charge in [0.15, 0.2) is 0 Å². The number of thioether (sulfide) groups is 1. The van der Waals surface area contributed by atoms with Crippen molar-refractivity contribution in [2.24, 2.45) is 0 Å². The molecule has 2 aromatic rings. The zero-order valence-corrected chi connectivity index (χ0v) is 18.5. The van der Waals surface area contributed by atoms with E-state index in [1.807, 2.05) is 62.0 Å². The molecule has 1 heterocycles. The van der Waals surface area contributed by atoms with Crippen molar-refractivity contribution >= 4 is 11.8 Å². The summed E-state index contributed by atoms with van der Waals surface area (Å²) in [6, 6.07) is 19.1. The molecule has 0 bridgehead atoms. The molecule has 1 aliphatic heterocycles. The summed E-state index contributed by atoms with van der Waals surface area (Å²) in [7, 11) is 0. The zero-order chi connectivity index (χ0) is 19.9. The van der Waals surface area contributed by atoms with Crippen LogP contribution in [0.3, 0.4) is 0 Å². The summed E-state index contributed by atoms with van der Waals surface area (Å²) in [4.78, 5) is 1.38. The maximum Gasteiger partial charge on any atom is 0.120 e. The Kier molecular flexibility index (Phi) is 12.7. The van der Waals surface area contributed by atoms with E-state index >= 15 is 0 Å². The summed E-state index contributed by atoms with van der Waals surface area (Å²) in [5, 5.41) is 3.67. The van der Waals surface area contributed by atoms with Crippen LogP contribution in [0.2, 0.25) is 0 Å². The van der Waals surface area contributed by atoms with Crippen LogP contribution in [-0.2, 0) is 6.54 Å². The van der Waals surface area contributed by atoms with E-state index in [0.717, 1.165) is 18.0 Å². The van der Waals surface area contributed by atoms with E-state index in [2.05, 4.69) is 44.3 Å². The number of unbranched alkanes of at least 4 members (excludes halogenated alkanes) is 1. The van der Waals surface area contributed by atoms with Gasteiger partial charge in [-0.2, -0.15) is 0 Å². The topological polar surface area (TPSA) is 21.3 Å². The van der Waals surface area contributed by atoms with E-state index in [1.165, 1.54) is 29.7 Å². The molecule has 0 fully saturated rings. The van der Waals surface area contributed by atoms with E-state index in [0.29, 0.717) is 6.04 Å². The van der Waals surface area contributed by atoms with Crippen LogP contribution in [0.15, 0.2) is 59.5 Å². The number of rotatable bonds is 5. The lowest BCUT2D eigenvalue weighted by Gasteiger charge is -2.14. The molecule has 0 saturated heterocycles. The highest BCUT2D eigenvalue weighted by molar-refractivity contribution is 7.99. The Morgan fingerprint density at radius 3 is 2.26 bits per heavy atom. The molecule has 3 rings (SSSR count). The molecule has 150 valence electrons. The standard InChI is InChI=1S/C16H25NOS.C6H6.C2H6/c1-4-5-6-14-11-19-16-9-15(18-12(2)3)8-7-13(16)10-17-14;1-2-4-6-5-3-1;1-2/h7-9,12,14,17H,4-6,10-11H2,1-3H3;1-6H;1-2H3. The number of ether oxygens (including phenoxy) is 1. The highest BCUT2D eigenvalue weighted by atomic mass is 32.2. The monoisotopic (exact) mass is 387 g/mol. The first-order valence-corrected chi connectivity index (χ1v) is 11.3. The van der Waals surface area contributed by atoms with Gasteiger partial charge in [0.05, 0.1) is 6.10 Å². The minimum atomic E-state index is 0.240. The third-order valence-electron chi connectivity index (χ3n) is 4.00. The van der Waals surface area contributed by atoms with Crippen molar-refractivity contribution in [1.82, 2.24) is 5.32 Å². The summed E-state index contributed by atoms with van der Waals surface area (Å²) < 4.78 is 5.78. The van der Waals surface area contributed by atoms with Gasteiger partial charge in [-0.1, -0.05) is 76.1 Å². The molecule has 0 radical (unpaired) electrons. The Hall–Kier alpha value is -1.45. The van der Waals surface area contributed by atoms with Gasteiger partial charge in [0.1, 0.15) is 5.75 Å². The Bertz CT molecular complexity index is 574. The summed E-state index contributed by atoms with van der Waals surface area (Å²) in [5.41, 5.74) is 1.40. The number of hydrogen-bond acceptors (Lipinski definition) is 3. The summed E-state index contributed by atoms with van der Waals surface area (Å²) >= 11 is 1.97. The van der Waals surface area contributed by atoms with Crippen molar-refractivity contribution in [2.45, 2.75) is 77.5 Å². The number of hydrogen-bond donors (Lipinski definition) is 1. The molecular weight excluding hydrogens is 350 g/mol. The first-order valence-electron chi connectivity index (χ1n) is 10.3. The van der Waals surface area contributed by atoms with E-state index in [-0.39, 0.29) is 6.10 Å². The molecule has 0 aromatic heterocycles. The van der Waals surface area contributed by atoms with Crippen LogP contribution < -0.4 is 10.1 Å². The molecule has 1 atom stereocenters. The molecule has 0 aliphatic carbocycles. The van der Waals surface area contributed by atoms with E-state index < -0.39 is 0 Å². The lowest BCUT2D eigenvalue weighted by atomic mass is 10.1. The molecular formula is C24H37NOS. The minimum absolute atomic E-state index is 0.240. The van der Waals surface area contributed by atoms with Gasteiger partial charge in [-0.25, -0.2) is 0 Å². The normalized spacial score (nSPS) is 15.4. The van der Waals surface area contributed by atoms with Gasteiger partial charge in [-0.3, -0.25) is 0 Å². The molecule has 2 aromatic carbocycles. The second kappa shape index (κ2) is 14.6. The van der Waals surface area contributed by atoms with E-state index in [4.69, 9.17) is 4.74 Å². The van der Waals surface area contributed by atoms with Crippen molar-refractivity contribution in [1.29, 1.82) is 0 Å². The second-order valence-corrected chi connectivity index (χ2v) is 7.68. The largest absolute Gasteiger partial charge is 0.491 e. The first-order chi connectivity index (χ1) is 13.2. The predicted molar refractivity (Wildman–Crippen MR) is 121 cm³/mol. The van der Waals surface area contributed by atoms with Crippen LogP contribution in [0.25, 0.3) is 0 Å². The molecule has 0 spiro atoms. The van der Waals surface area contributed by atoms with Gasteiger partial charge in [0, 0.05) is 23.2 Å². The molecule has 1 N–H and O–H groups in total. The van der Waals surface area contributed by atoms with Crippen molar-refractivity contribution in [2.75, 3.05) is 5.75 Å². The molecule has 3 heteroatoms. The SMILES string of the molecule is CC.CCCCC1CSc2cc(OC(C)C)ccc2CN1.c1ccccc1. The first kappa shape index (κ1) is 23.6. The van der Waals surface area contributed by atoms with Crippen molar-refractivity contribution in [3.8, 4) is 5.75 Å². The molecule has 0 saturated carbocycles. The van der Waals surface area contributed by atoms with Crippen LogP contribution in [0, 0.1) is 0 Å². The van der Waals surface area contributed by atoms with Gasteiger partial charge < -0.3 is 10.1 Å². The third kappa shape index (κ3) is 9.88. The number of fused-ring (bicyclic) bond motifs is 1. The maximum atomic E-state index is 5.78. The fourth-order valence-corrected chi connectivity index (χ4v) is 3.88. The van der Waals surface area contributed by atoms with Crippen molar-refractivity contribution < 1.29 is 4.74 Å². The van der Waals surface area contributed by atoms with Gasteiger partial charge in [0.25, 0.3) is 0 Å². The van der Waals surface area contributed by atoms with Crippen LogP contribution in [0.4, 0.5) is 0 Å². The Labute approximate surface area is 171 Å². The van der Waals surface area contributed by atoms with Gasteiger partial charge in [0.2, 0.25) is 0 Å². The second-order valence-electron chi connectivity index (χ2n) is 6.62. The lowest BCUT2D eigenvalue weighted by molar-refractivity contribution is 0.242. The van der Waals surface area contributed by atoms with Crippen molar-refractivity contribution in [3.05, 3.63) is 60.2 Å². The fraction of sp³-hybridized carbons (Fsp3) is 0.500. The maximum absolute atomic E-state index is 5.78. The van der Waals surface area contributed by atoms with Crippen molar-refractivity contribution in [3.63, 3.8) is 0 Å². The van der Waals surface area contributed by atoms with E-state index in [1.54, 1.807) is 0 Å². The minimum Gasteiger partial charge on any atom is -0.491 e. The Morgan fingerprint density at radius 1 is 1.07 bits per heavy atom. The van der Waals surface area contributed by atoms with Crippen LogP contribution >= 0.6 is 11.8 Å². The number of nitrogens with one attached hydrogen (secondary N) is 1. The van der Waals surface area contributed by atoms with Crippen LogP contribution in [0.5, 0.6) is 5.75 Å². The van der Waals surface area contributed by atoms with Gasteiger partial charge in [-0.15, -0.1) is 11.8 Å². The smallest absolute Gasteiger partial charge is 0.120 e. The fourth-order valence-electron chi connectivity index (χ4n) is 2.69. The summed E-state index contributed by atoms with van der Waals surface area (Å²) in [6.07, 6.45) is 4.12. The average molecular weight is 388 g/mol. The Balaban J connectivity index is 0.000000381. The molecule has 1 aliphatic rings. The highest BCUT2D eigenvalue weighted by Gasteiger charge is 2.16. The lowest BCUT2D eigenvalue weighted by Crippen LogP contribution is -2.29. The molecule has 0 amide bonds. The van der Waals surface area contributed by atoms with Gasteiger partial charge >= 0.3 is 0 Å².